The van der Waals surface area contributed by atoms with E-state index in [4.69, 9.17) is 5.84 Å². The van der Waals surface area contributed by atoms with Crippen LogP contribution >= 0.6 is 0 Å². The van der Waals surface area contributed by atoms with Gasteiger partial charge in [-0.15, -0.1) is 0 Å². The van der Waals surface area contributed by atoms with E-state index >= 15 is 0 Å². The average Bonchev–Trinajstić information content (AvgIpc) is 2.92. The molecular weight excluding hydrogens is 226 g/mol. The van der Waals surface area contributed by atoms with Gasteiger partial charge in [0.1, 0.15) is 0 Å². The largest absolute Gasteiger partial charge is 0.353 e. The molecule has 1 aromatic rings. The number of rotatable bonds is 4. The van der Waals surface area contributed by atoms with Crippen LogP contribution in [-0.4, -0.2) is 23.5 Å². The van der Waals surface area contributed by atoms with Crippen molar-refractivity contribution in [2.75, 3.05) is 6.54 Å². The number of guanidine groups is 1. The lowest BCUT2D eigenvalue weighted by Gasteiger charge is -2.14. The Morgan fingerprint density at radius 1 is 1.33 bits per heavy atom. The summed E-state index contributed by atoms with van der Waals surface area (Å²) in [6, 6.07) is 4.55. The molecule has 1 aliphatic carbocycles. The van der Waals surface area contributed by atoms with Gasteiger partial charge in [0.25, 0.3) is 0 Å². The first-order chi connectivity index (χ1) is 8.88. The molecule has 0 unspecified atom stereocenters. The molecule has 1 aliphatic rings. The first-order valence-corrected chi connectivity index (χ1v) is 6.55. The molecule has 0 aromatic carbocycles. The number of hydrazine groups is 1. The van der Waals surface area contributed by atoms with Gasteiger partial charge in [0.2, 0.25) is 5.96 Å². The molecule has 0 saturated heterocycles. The average molecular weight is 247 g/mol. The van der Waals surface area contributed by atoms with Crippen molar-refractivity contribution in [3.63, 3.8) is 0 Å². The first kappa shape index (κ1) is 12.8. The third kappa shape index (κ3) is 4.00. The highest BCUT2D eigenvalue weighted by Crippen LogP contribution is 2.17. The van der Waals surface area contributed by atoms with Gasteiger partial charge in [-0.25, -0.2) is 5.84 Å². The van der Waals surface area contributed by atoms with Crippen LogP contribution in [0.3, 0.4) is 0 Å². The van der Waals surface area contributed by atoms with Crippen LogP contribution < -0.4 is 16.6 Å². The van der Waals surface area contributed by atoms with Crippen LogP contribution in [0.25, 0.3) is 0 Å². The number of hydrogen-bond acceptors (Lipinski definition) is 3. The molecule has 5 nitrogen and oxygen atoms in total. The quantitative estimate of drug-likeness (QED) is 0.321. The van der Waals surface area contributed by atoms with Crippen molar-refractivity contribution in [2.45, 2.75) is 38.1 Å². The molecule has 0 bridgehead atoms. The van der Waals surface area contributed by atoms with Crippen molar-refractivity contribution in [2.24, 2.45) is 10.8 Å². The van der Waals surface area contributed by atoms with Gasteiger partial charge in [-0.1, -0.05) is 12.8 Å². The van der Waals surface area contributed by atoms with E-state index in [0.29, 0.717) is 12.0 Å². The van der Waals surface area contributed by atoms with Crippen molar-refractivity contribution in [3.8, 4) is 0 Å². The topological polar surface area (TPSA) is 75.3 Å². The second-order valence-electron chi connectivity index (χ2n) is 4.61. The summed E-state index contributed by atoms with van der Waals surface area (Å²) in [6.07, 6.45) is 9.53. The van der Waals surface area contributed by atoms with Crippen LogP contribution in [0.5, 0.6) is 0 Å². The van der Waals surface area contributed by atoms with Gasteiger partial charge in [-0.05, 0) is 37.0 Å². The van der Waals surface area contributed by atoms with E-state index in [9.17, 15) is 0 Å². The molecule has 5 heteroatoms. The fourth-order valence-electron chi connectivity index (χ4n) is 2.24. The molecule has 98 valence electrons. The molecule has 0 radical (unpaired) electrons. The standard InChI is InChI=1S/C13H21N5/c14-18-13(17-12-3-1-2-4-12)16-10-7-11-5-8-15-9-6-11/h5-6,8-9,12H,1-4,7,10,14H2,(H2,16,17,18). The Morgan fingerprint density at radius 3 is 2.72 bits per heavy atom. The molecule has 0 aliphatic heterocycles. The van der Waals surface area contributed by atoms with E-state index in [1.54, 1.807) is 12.4 Å². The van der Waals surface area contributed by atoms with Crippen molar-refractivity contribution in [1.82, 2.24) is 15.7 Å². The minimum atomic E-state index is 0.528. The highest BCUT2D eigenvalue weighted by Gasteiger charge is 2.15. The molecule has 1 heterocycles. The van der Waals surface area contributed by atoms with Gasteiger partial charge in [-0.2, -0.15) is 0 Å². The van der Waals surface area contributed by atoms with Crippen LogP contribution in [0.1, 0.15) is 31.2 Å². The third-order valence-electron chi connectivity index (χ3n) is 3.25. The molecule has 18 heavy (non-hydrogen) atoms. The molecule has 1 fully saturated rings. The Labute approximate surface area is 108 Å². The summed E-state index contributed by atoms with van der Waals surface area (Å²) in [6.45, 7) is 0.725. The van der Waals surface area contributed by atoms with Crippen LogP contribution in [0.2, 0.25) is 0 Å². The zero-order valence-electron chi connectivity index (χ0n) is 10.6. The SMILES string of the molecule is NNC(=NCCc1ccncc1)NC1CCCC1. The minimum Gasteiger partial charge on any atom is -0.353 e. The van der Waals surface area contributed by atoms with E-state index in [-0.39, 0.29) is 0 Å². The Balaban J connectivity index is 1.78. The zero-order valence-corrected chi connectivity index (χ0v) is 10.6. The second-order valence-corrected chi connectivity index (χ2v) is 4.61. The Morgan fingerprint density at radius 2 is 2.06 bits per heavy atom. The lowest BCUT2D eigenvalue weighted by molar-refractivity contribution is 0.614. The summed E-state index contributed by atoms with van der Waals surface area (Å²) >= 11 is 0. The number of nitrogens with two attached hydrogens (primary N) is 1. The van der Waals surface area contributed by atoms with Gasteiger partial charge in [0, 0.05) is 25.0 Å². The fraction of sp³-hybridized carbons (Fsp3) is 0.538. The van der Waals surface area contributed by atoms with Crippen LogP contribution in [0.4, 0.5) is 0 Å². The molecule has 4 N–H and O–H groups in total. The molecule has 2 rings (SSSR count). The summed E-state index contributed by atoms with van der Waals surface area (Å²) in [7, 11) is 0. The van der Waals surface area contributed by atoms with Crippen molar-refractivity contribution in [1.29, 1.82) is 0 Å². The van der Waals surface area contributed by atoms with E-state index in [2.05, 4.69) is 20.7 Å². The Bertz CT molecular complexity index is 370. The zero-order chi connectivity index (χ0) is 12.6. The lowest BCUT2D eigenvalue weighted by atomic mass is 10.2. The molecule has 0 atom stereocenters. The normalized spacial score (nSPS) is 16.8. The maximum Gasteiger partial charge on any atom is 0.205 e. The van der Waals surface area contributed by atoms with Crippen LogP contribution in [-0.2, 0) is 6.42 Å². The molecular formula is C13H21N5. The van der Waals surface area contributed by atoms with Crippen molar-refractivity contribution in [3.05, 3.63) is 30.1 Å². The molecule has 1 saturated carbocycles. The molecule has 1 aromatic heterocycles. The predicted molar refractivity (Wildman–Crippen MR) is 73.0 cm³/mol. The highest BCUT2D eigenvalue weighted by atomic mass is 15.3. The van der Waals surface area contributed by atoms with E-state index in [1.165, 1.54) is 31.2 Å². The number of hydrogen-bond donors (Lipinski definition) is 3. The lowest BCUT2D eigenvalue weighted by Crippen LogP contribution is -2.45. The summed E-state index contributed by atoms with van der Waals surface area (Å²) in [5.41, 5.74) is 3.88. The number of nitrogens with zero attached hydrogens (tertiary/aromatic N) is 2. The maximum absolute atomic E-state index is 5.48. The first-order valence-electron chi connectivity index (χ1n) is 6.55. The van der Waals surface area contributed by atoms with Crippen LogP contribution in [0, 0.1) is 0 Å². The van der Waals surface area contributed by atoms with E-state index < -0.39 is 0 Å². The number of nitrogens with one attached hydrogen (secondary N) is 2. The van der Waals surface area contributed by atoms with Gasteiger partial charge < -0.3 is 5.32 Å². The number of aliphatic imine (C=N–C) groups is 1. The molecule has 0 amide bonds. The monoisotopic (exact) mass is 247 g/mol. The van der Waals surface area contributed by atoms with Gasteiger partial charge in [0.15, 0.2) is 0 Å². The van der Waals surface area contributed by atoms with Crippen LogP contribution in [0.15, 0.2) is 29.5 Å². The maximum atomic E-state index is 5.48. The second kappa shape index (κ2) is 6.96. The fourth-order valence-corrected chi connectivity index (χ4v) is 2.24. The Kier molecular flexibility index (Phi) is 4.96. The highest BCUT2D eigenvalue weighted by molar-refractivity contribution is 5.79. The van der Waals surface area contributed by atoms with Gasteiger partial charge in [0.05, 0.1) is 0 Å². The van der Waals surface area contributed by atoms with E-state index in [0.717, 1.165) is 13.0 Å². The summed E-state index contributed by atoms with van der Waals surface area (Å²) in [5, 5.41) is 3.35. The number of aromatic nitrogens is 1. The summed E-state index contributed by atoms with van der Waals surface area (Å²) in [5.74, 6) is 6.18. The minimum absolute atomic E-state index is 0.528. The predicted octanol–water partition coefficient (Wildman–Crippen LogP) is 0.976. The van der Waals surface area contributed by atoms with Crippen molar-refractivity contribution >= 4 is 5.96 Å². The third-order valence-corrected chi connectivity index (χ3v) is 3.25. The smallest absolute Gasteiger partial charge is 0.205 e. The summed E-state index contributed by atoms with van der Waals surface area (Å²) in [4.78, 5) is 8.44. The van der Waals surface area contributed by atoms with Crippen molar-refractivity contribution < 1.29 is 0 Å². The number of pyridine rings is 1. The molecule has 0 spiro atoms. The van der Waals surface area contributed by atoms with E-state index in [1.807, 2.05) is 12.1 Å². The van der Waals surface area contributed by atoms with Gasteiger partial charge >= 0.3 is 0 Å². The summed E-state index contributed by atoms with van der Waals surface area (Å²) < 4.78 is 0. The van der Waals surface area contributed by atoms with Gasteiger partial charge in [-0.3, -0.25) is 15.4 Å². The Hall–Kier alpha value is -1.62.